The molecular weight excluding hydrogens is 254 g/mol. The van der Waals surface area contributed by atoms with Crippen LogP contribution < -0.4 is 4.74 Å². The van der Waals surface area contributed by atoms with Gasteiger partial charge in [0.25, 0.3) is 0 Å². The molecule has 0 amide bonds. The van der Waals surface area contributed by atoms with Crippen LogP contribution in [0.3, 0.4) is 0 Å². The van der Waals surface area contributed by atoms with Crippen molar-refractivity contribution in [2.45, 2.75) is 18.9 Å². The van der Waals surface area contributed by atoms with E-state index in [0.29, 0.717) is 0 Å². The maximum Gasteiger partial charge on any atom is 0.317 e. The van der Waals surface area contributed by atoms with Crippen LogP contribution in [0.15, 0.2) is 30.3 Å². The molecule has 1 saturated heterocycles. The van der Waals surface area contributed by atoms with Gasteiger partial charge in [0.15, 0.2) is 0 Å². The molecule has 1 aliphatic rings. The van der Waals surface area contributed by atoms with Crippen molar-refractivity contribution >= 4 is 18.4 Å². The fourth-order valence-corrected chi connectivity index (χ4v) is 2.07. The smallest absolute Gasteiger partial charge is 0.317 e. The second kappa shape index (κ2) is 7.24. The molecule has 18 heavy (non-hydrogen) atoms. The van der Waals surface area contributed by atoms with E-state index < -0.39 is 5.97 Å². The first-order valence-corrected chi connectivity index (χ1v) is 5.90. The fraction of sp³-hybridized carbons (Fsp3) is 0.462. The van der Waals surface area contributed by atoms with Crippen LogP contribution in [-0.4, -0.2) is 41.7 Å². The van der Waals surface area contributed by atoms with Crippen molar-refractivity contribution in [1.29, 1.82) is 0 Å². The van der Waals surface area contributed by atoms with Crippen molar-refractivity contribution in [3.63, 3.8) is 0 Å². The Bertz CT molecular complexity index is 364. The van der Waals surface area contributed by atoms with Crippen molar-refractivity contribution < 1.29 is 14.6 Å². The molecular formula is C13H18ClNO3. The van der Waals surface area contributed by atoms with Gasteiger partial charge >= 0.3 is 5.97 Å². The lowest BCUT2D eigenvalue weighted by Crippen LogP contribution is -2.40. The van der Waals surface area contributed by atoms with Gasteiger partial charge in [-0.15, -0.1) is 12.4 Å². The summed E-state index contributed by atoms with van der Waals surface area (Å²) in [7, 11) is 0. The maximum absolute atomic E-state index is 10.6. The number of aliphatic carboxylic acids is 1. The summed E-state index contributed by atoms with van der Waals surface area (Å²) in [6, 6.07) is 9.76. The Hall–Kier alpha value is -1.26. The Morgan fingerprint density at radius 3 is 2.44 bits per heavy atom. The third-order valence-electron chi connectivity index (χ3n) is 2.94. The third kappa shape index (κ3) is 4.55. The molecule has 100 valence electrons. The van der Waals surface area contributed by atoms with Gasteiger partial charge in [0.1, 0.15) is 11.9 Å². The first kappa shape index (κ1) is 14.8. The third-order valence-corrected chi connectivity index (χ3v) is 2.94. The van der Waals surface area contributed by atoms with Crippen LogP contribution in [0.2, 0.25) is 0 Å². The van der Waals surface area contributed by atoms with E-state index in [1.54, 1.807) is 0 Å². The Kier molecular flexibility index (Phi) is 5.95. The summed E-state index contributed by atoms with van der Waals surface area (Å²) in [5, 5.41) is 8.69. The highest BCUT2D eigenvalue weighted by Gasteiger charge is 2.21. The molecule has 5 heteroatoms. The number of ether oxygens (including phenoxy) is 1. The Morgan fingerprint density at radius 2 is 1.89 bits per heavy atom. The SMILES string of the molecule is Cl.O=C(O)CN1CCC(Oc2ccccc2)CC1. The Labute approximate surface area is 113 Å². The minimum atomic E-state index is -0.757. The van der Waals surface area contributed by atoms with E-state index in [9.17, 15) is 4.79 Å². The molecule has 1 aliphatic heterocycles. The quantitative estimate of drug-likeness (QED) is 0.910. The van der Waals surface area contributed by atoms with Gasteiger partial charge in [0, 0.05) is 13.1 Å². The maximum atomic E-state index is 10.6. The average molecular weight is 272 g/mol. The van der Waals surface area contributed by atoms with Crippen molar-refractivity contribution in [2.24, 2.45) is 0 Å². The molecule has 0 unspecified atom stereocenters. The van der Waals surface area contributed by atoms with Crippen LogP contribution >= 0.6 is 12.4 Å². The lowest BCUT2D eigenvalue weighted by Gasteiger charge is -2.30. The van der Waals surface area contributed by atoms with Gasteiger partial charge < -0.3 is 9.84 Å². The zero-order valence-corrected chi connectivity index (χ0v) is 10.9. The standard InChI is InChI=1S/C13H17NO3.ClH/c15-13(16)10-14-8-6-12(7-9-14)17-11-4-2-1-3-5-11;/h1-5,12H,6-10H2,(H,15,16);1H. The van der Waals surface area contributed by atoms with Crippen LogP contribution in [0.5, 0.6) is 5.75 Å². The summed E-state index contributed by atoms with van der Waals surface area (Å²) in [4.78, 5) is 12.5. The number of para-hydroxylation sites is 1. The van der Waals surface area contributed by atoms with E-state index in [0.717, 1.165) is 31.7 Å². The number of halogens is 1. The predicted octanol–water partition coefficient (Wildman–Crippen LogP) is 2.04. The second-order valence-corrected chi connectivity index (χ2v) is 4.30. The monoisotopic (exact) mass is 271 g/mol. The van der Waals surface area contributed by atoms with Gasteiger partial charge in [-0.05, 0) is 25.0 Å². The molecule has 1 fully saturated rings. The summed E-state index contributed by atoms with van der Waals surface area (Å²) in [6.07, 6.45) is 1.99. The van der Waals surface area contributed by atoms with Crippen molar-refractivity contribution in [3.8, 4) is 5.75 Å². The molecule has 0 saturated carbocycles. The van der Waals surface area contributed by atoms with Gasteiger partial charge in [-0.25, -0.2) is 0 Å². The predicted molar refractivity (Wildman–Crippen MR) is 71.4 cm³/mol. The van der Waals surface area contributed by atoms with Crippen LogP contribution in [-0.2, 0) is 4.79 Å². The second-order valence-electron chi connectivity index (χ2n) is 4.30. The van der Waals surface area contributed by atoms with Crippen molar-refractivity contribution in [3.05, 3.63) is 30.3 Å². The highest BCUT2D eigenvalue weighted by Crippen LogP contribution is 2.18. The number of piperidine rings is 1. The van der Waals surface area contributed by atoms with E-state index in [1.807, 2.05) is 35.2 Å². The van der Waals surface area contributed by atoms with E-state index in [1.165, 1.54) is 0 Å². The highest BCUT2D eigenvalue weighted by molar-refractivity contribution is 5.85. The molecule has 4 nitrogen and oxygen atoms in total. The van der Waals surface area contributed by atoms with Crippen molar-refractivity contribution in [1.82, 2.24) is 4.90 Å². The molecule has 0 aliphatic carbocycles. The van der Waals surface area contributed by atoms with E-state index in [-0.39, 0.29) is 25.1 Å². The minimum Gasteiger partial charge on any atom is -0.490 e. The van der Waals surface area contributed by atoms with Gasteiger partial charge in [0.2, 0.25) is 0 Å². The topological polar surface area (TPSA) is 49.8 Å². The largest absolute Gasteiger partial charge is 0.490 e. The fourth-order valence-electron chi connectivity index (χ4n) is 2.07. The van der Waals surface area contributed by atoms with E-state index in [4.69, 9.17) is 9.84 Å². The average Bonchev–Trinajstić information content (AvgIpc) is 2.32. The number of carbonyl (C=O) groups is 1. The number of rotatable bonds is 4. The van der Waals surface area contributed by atoms with Gasteiger partial charge in [-0.2, -0.15) is 0 Å². The normalized spacial score (nSPS) is 16.9. The van der Waals surface area contributed by atoms with Gasteiger partial charge in [-0.3, -0.25) is 9.69 Å². The Morgan fingerprint density at radius 1 is 1.28 bits per heavy atom. The lowest BCUT2D eigenvalue weighted by molar-refractivity contribution is -0.138. The van der Waals surface area contributed by atoms with Crippen LogP contribution in [0.4, 0.5) is 0 Å². The molecule has 0 spiro atoms. The number of nitrogens with zero attached hydrogens (tertiary/aromatic N) is 1. The van der Waals surface area contributed by atoms with E-state index in [2.05, 4.69) is 0 Å². The van der Waals surface area contributed by atoms with Crippen LogP contribution in [0.25, 0.3) is 0 Å². The number of benzene rings is 1. The summed E-state index contributed by atoms with van der Waals surface area (Å²) in [6.45, 7) is 1.73. The molecule has 1 aromatic rings. The summed E-state index contributed by atoms with van der Waals surface area (Å²) >= 11 is 0. The number of hydrogen-bond donors (Lipinski definition) is 1. The van der Waals surface area contributed by atoms with Gasteiger partial charge in [0.05, 0.1) is 6.54 Å². The molecule has 1 N–H and O–H groups in total. The van der Waals surface area contributed by atoms with Crippen molar-refractivity contribution in [2.75, 3.05) is 19.6 Å². The first-order chi connectivity index (χ1) is 8.24. The molecule has 0 radical (unpaired) electrons. The zero-order valence-electron chi connectivity index (χ0n) is 10.1. The molecule has 1 aromatic carbocycles. The lowest BCUT2D eigenvalue weighted by atomic mass is 10.1. The van der Waals surface area contributed by atoms with Crippen LogP contribution in [0, 0.1) is 0 Å². The molecule has 0 bridgehead atoms. The number of carboxylic acid groups (broad SMARTS) is 1. The highest BCUT2D eigenvalue weighted by atomic mass is 35.5. The summed E-state index contributed by atoms with van der Waals surface area (Å²) in [5.41, 5.74) is 0. The van der Waals surface area contributed by atoms with Gasteiger partial charge in [-0.1, -0.05) is 18.2 Å². The molecule has 0 aromatic heterocycles. The van der Waals surface area contributed by atoms with Crippen LogP contribution in [0.1, 0.15) is 12.8 Å². The summed E-state index contributed by atoms with van der Waals surface area (Å²) < 4.78 is 5.83. The number of hydrogen-bond acceptors (Lipinski definition) is 3. The first-order valence-electron chi connectivity index (χ1n) is 5.90. The Balaban J connectivity index is 0.00000162. The zero-order chi connectivity index (χ0) is 12.1. The molecule has 1 heterocycles. The van der Waals surface area contributed by atoms with E-state index >= 15 is 0 Å². The number of carboxylic acids is 1. The molecule has 0 atom stereocenters. The molecule has 2 rings (SSSR count). The number of likely N-dealkylation sites (tertiary alicyclic amines) is 1. The summed E-state index contributed by atoms with van der Waals surface area (Å²) in [5.74, 6) is 0.136. The minimum absolute atomic E-state index is 0.